The van der Waals surface area contributed by atoms with E-state index in [0.29, 0.717) is 6.42 Å². The summed E-state index contributed by atoms with van der Waals surface area (Å²) in [4.78, 5) is 11.2. The van der Waals surface area contributed by atoms with Crippen molar-refractivity contribution < 1.29 is 13.6 Å². The molecule has 0 saturated carbocycles. The molecule has 0 spiro atoms. The van der Waals surface area contributed by atoms with Gasteiger partial charge < -0.3 is 5.32 Å². The molecule has 1 rings (SSSR count). The first-order valence-electron chi connectivity index (χ1n) is 4.88. The number of anilines is 1. The van der Waals surface area contributed by atoms with Crippen molar-refractivity contribution in [1.29, 1.82) is 0 Å². The largest absolute Gasteiger partial charge is 0.326 e. The molecule has 1 aromatic carbocycles. The van der Waals surface area contributed by atoms with Crippen molar-refractivity contribution in [3.05, 3.63) is 29.8 Å². The molecule has 0 bridgehead atoms. The molecule has 1 amide bonds. The number of carbonyl (C=O) groups is 1. The standard InChI is InChI=1S/C11H13F2NO/c1-2-3-4-11(15)14-8-5-6-9(12)10(13)7-8/h5-7H,2-4H2,1H3,(H,14,15). The number of hydrogen-bond acceptors (Lipinski definition) is 1. The molecule has 2 nitrogen and oxygen atoms in total. The van der Waals surface area contributed by atoms with Gasteiger partial charge in [-0.25, -0.2) is 8.78 Å². The van der Waals surface area contributed by atoms with E-state index < -0.39 is 11.6 Å². The fourth-order valence-electron chi connectivity index (χ4n) is 1.13. The normalized spacial score (nSPS) is 10.1. The Morgan fingerprint density at radius 2 is 2.07 bits per heavy atom. The van der Waals surface area contributed by atoms with Crippen LogP contribution in [0.25, 0.3) is 0 Å². The topological polar surface area (TPSA) is 29.1 Å². The highest BCUT2D eigenvalue weighted by atomic mass is 19.2. The number of benzene rings is 1. The van der Waals surface area contributed by atoms with Crippen LogP contribution < -0.4 is 5.32 Å². The monoisotopic (exact) mass is 213 g/mol. The lowest BCUT2D eigenvalue weighted by Gasteiger charge is -2.04. The summed E-state index contributed by atoms with van der Waals surface area (Å²) >= 11 is 0. The van der Waals surface area contributed by atoms with Gasteiger partial charge in [-0.15, -0.1) is 0 Å². The summed E-state index contributed by atoms with van der Waals surface area (Å²) in [6.45, 7) is 1.98. The Morgan fingerprint density at radius 3 is 2.67 bits per heavy atom. The molecule has 4 heteroatoms. The average molecular weight is 213 g/mol. The summed E-state index contributed by atoms with van der Waals surface area (Å²) in [5.74, 6) is -2.05. The van der Waals surface area contributed by atoms with Gasteiger partial charge in [0, 0.05) is 18.2 Å². The van der Waals surface area contributed by atoms with Gasteiger partial charge in [0.05, 0.1) is 0 Å². The molecular formula is C11H13F2NO. The molecule has 0 aliphatic carbocycles. The number of nitrogens with one attached hydrogen (secondary N) is 1. The van der Waals surface area contributed by atoms with Crippen LogP contribution in [0.3, 0.4) is 0 Å². The van der Waals surface area contributed by atoms with E-state index in [9.17, 15) is 13.6 Å². The number of amides is 1. The molecule has 1 aromatic rings. The number of unbranched alkanes of at least 4 members (excludes halogenated alkanes) is 1. The lowest BCUT2D eigenvalue weighted by atomic mass is 10.2. The predicted molar refractivity (Wildman–Crippen MR) is 54.5 cm³/mol. The maximum absolute atomic E-state index is 12.8. The molecular weight excluding hydrogens is 200 g/mol. The van der Waals surface area contributed by atoms with Gasteiger partial charge in [-0.1, -0.05) is 13.3 Å². The first-order valence-corrected chi connectivity index (χ1v) is 4.88. The van der Waals surface area contributed by atoms with Crippen molar-refractivity contribution in [2.75, 3.05) is 5.32 Å². The van der Waals surface area contributed by atoms with E-state index in [4.69, 9.17) is 0 Å². The third-order valence-corrected chi connectivity index (χ3v) is 1.96. The minimum Gasteiger partial charge on any atom is -0.326 e. The molecule has 0 aromatic heterocycles. The van der Waals surface area contributed by atoms with Gasteiger partial charge >= 0.3 is 0 Å². The Morgan fingerprint density at radius 1 is 1.33 bits per heavy atom. The van der Waals surface area contributed by atoms with Gasteiger partial charge in [-0.3, -0.25) is 4.79 Å². The van der Waals surface area contributed by atoms with E-state index in [1.165, 1.54) is 6.07 Å². The quantitative estimate of drug-likeness (QED) is 0.818. The third-order valence-electron chi connectivity index (χ3n) is 1.96. The molecule has 0 aliphatic heterocycles. The van der Waals surface area contributed by atoms with E-state index in [2.05, 4.69) is 5.32 Å². The Kier molecular flexibility index (Phi) is 4.21. The molecule has 0 saturated heterocycles. The SMILES string of the molecule is CCCCC(=O)Nc1ccc(F)c(F)c1. The Hall–Kier alpha value is -1.45. The zero-order chi connectivity index (χ0) is 11.3. The Balaban J connectivity index is 2.57. The fraction of sp³-hybridized carbons (Fsp3) is 0.364. The Bertz CT molecular complexity index is 352. The van der Waals surface area contributed by atoms with Crippen molar-refractivity contribution in [3.8, 4) is 0 Å². The number of halogens is 2. The summed E-state index contributed by atoms with van der Waals surface area (Å²) < 4.78 is 25.3. The smallest absolute Gasteiger partial charge is 0.224 e. The van der Waals surface area contributed by atoms with Crippen molar-refractivity contribution in [2.24, 2.45) is 0 Å². The summed E-state index contributed by atoms with van der Waals surface area (Å²) in [6.07, 6.45) is 2.11. The predicted octanol–water partition coefficient (Wildman–Crippen LogP) is 3.09. The van der Waals surface area contributed by atoms with Gasteiger partial charge in [-0.05, 0) is 18.6 Å². The first kappa shape index (κ1) is 11.6. The zero-order valence-electron chi connectivity index (χ0n) is 8.52. The minimum atomic E-state index is -0.955. The second-order valence-corrected chi connectivity index (χ2v) is 3.28. The van der Waals surface area contributed by atoms with Crippen LogP contribution >= 0.6 is 0 Å². The van der Waals surface area contributed by atoms with Gasteiger partial charge in [0.25, 0.3) is 0 Å². The highest BCUT2D eigenvalue weighted by molar-refractivity contribution is 5.90. The Labute approximate surface area is 87.3 Å². The number of hydrogen-bond donors (Lipinski definition) is 1. The summed E-state index contributed by atoms with van der Waals surface area (Å²) in [5.41, 5.74) is 0.287. The van der Waals surface area contributed by atoms with Gasteiger partial charge in [0.1, 0.15) is 0 Å². The average Bonchev–Trinajstić information content (AvgIpc) is 2.20. The lowest BCUT2D eigenvalue weighted by Crippen LogP contribution is -2.11. The molecule has 0 fully saturated rings. The van der Waals surface area contributed by atoms with Crippen LogP contribution in [-0.2, 0) is 4.79 Å². The highest BCUT2D eigenvalue weighted by Gasteiger charge is 2.05. The van der Waals surface area contributed by atoms with Gasteiger partial charge in [0.15, 0.2) is 11.6 Å². The van der Waals surface area contributed by atoms with Gasteiger partial charge in [-0.2, -0.15) is 0 Å². The van der Waals surface area contributed by atoms with E-state index in [-0.39, 0.29) is 11.6 Å². The molecule has 0 radical (unpaired) electrons. The number of rotatable bonds is 4. The van der Waals surface area contributed by atoms with Crippen LogP contribution in [0.15, 0.2) is 18.2 Å². The molecule has 0 unspecified atom stereocenters. The summed E-state index contributed by atoms with van der Waals surface area (Å²) in [7, 11) is 0. The van der Waals surface area contributed by atoms with Crippen molar-refractivity contribution in [3.63, 3.8) is 0 Å². The number of carbonyl (C=O) groups excluding carboxylic acids is 1. The maximum Gasteiger partial charge on any atom is 0.224 e. The molecule has 0 aliphatic rings. The van der Waals surface area contributed by atoms with Crippen LogP contribution in [-0.4, -0.2) is 5.91 Å². The van der Waals surface area contributed by atoms with Crippen LogP contribution in [0, 0.1) is 11.6 Å². The lowest BCUT2D eigenvalue weighted by molar-refractivity contribution is -0.116. The molecule has 0 atom stereocenters. The maximum atomic E-state index is 12.8. The second-order valence-electron chi connectivity index (χ2n) is 3.28. The van der Waals surface area contributed by atoms with Crippen LogP contribution in [0.5, 0.6) is 0 Å². The van der Waals surface area contributed by atoms with E-state index in [1.54, 1.807) is 0 Å². The van der Waals surface area contributed by atoms with Crippen molar-refractivity contribution in [1.82, 2.24) is 0 Å². The first-order chi connectivity index (χ1) is 7.13. The van der Waals surface area contributed by atoms with Gasteiger partial charge in [0.2, 0.25) is 5.91 Å². The van der Waals surface area contributed by atoms with E-state index >= 15 is 0 Å². The third kappa shape index (κ3) is 3.65. The van der Waals surface area contributed by atoms with Crippen LogP contribution in [0.4, 0.5) is 14.5 Å². The summed E-state index contributed by atoms with van der Waals surface area (Å²) in [5, 5.41) is 2.50. The van der Waals surface area contributed by atoms with Crippen LogP contribution in [0.2, 0.25) is 0 Å². The van der Waals surface area contributed by atoms with E-state index in [1.807, 2.05) is 6.92 Å². The van der Waals surface area contributed by atoms with Crippen LogP contribution in [0.1, 0.15) is 26.2 Å². The van der Waals surface area contributed by atoms with Crippen molar-refractivity contribution in [2.45, 2.75) is 26.2 Å². The highest BCUT2D eigenvalue weighted by Crippen LogP contribution is 2.13. The molecule has 15 heavy (non-hydrogen) atoms. The second kappa shape index (κ2) is 5.44. The van der Waals surface area contributed by atoms with Crippen molar-refractivity contribution >= 4 is 11.6 Å². The molecule has 82 valence electrons. The summed E-state index contributed by atoms with van der Waals surface area (Å²) in [6, 6.07) is 3.30. The minimum absolute atomic E-state index is 0.178. The zero-order valence-corrected chi connectivity index (χ0v) is 8.52. The fourth-order valence-corrected chi connectivity index (χ4v) is 1.13. The molecule has 1 N–H and O–H groups in total. The van der Waals surface area contributed by atoms with E-state index in [0.717, 1.165) is 25.0 Å². The molecule has 0 heterocycles.